The number of anilines is 1. The van der Waals surface area contributed by atoms with Crippen LogP contribution >= 0.6 is 11.3 Å². The van der Waals surface area contributed by atoms with E-state index in [4.69, 9.17) is 5.11 Å². The van der Waals surface area contributed by atoms with Gasteiger partial charge in [-0.2, -0.15) is 5.10 Å². The summed E-state index contributed by atoms with van der Waals surface area (Å²) in [5.74, 6) is -1.15. The van der Waals surface area contributed by atoms with Gasteiger partial charge in [-0.25, -0.2) is 4.79 Å². The van der Waals surface area contributed by atoms with Crippen LogP contribution in [0.3, 0.4) is 0 Å². The Hall–Kier alpha value is -2.15. The van der Waals surface area contributed by atoms with E-state index < -0.39 is 5.97 Å². The van der Waals surface area contributed by atoms with Gasteiger partial charge in [0.1, 0.15) is 0 Å². The molecule has 0 radical (unpaired) electrons. The van der Waals surface area contributed by atoms with Crippen molar-refractivity contribution in [1.82, 2.24) is 9.78 Å². The van der Waals surface area contributed by atoms with E-state index in [0.29, 0.717) is 5.69 Å². The molecular formula is C13H15N3O3S. The summed E-state index contributed by atoms with van der Waals surface area (Å²) < 4.78 is 1.65. The molecule has 6 nitrogen and oxygen atoms in total. The molecule has 2 aromatic heterocycles. The molecule has 106 valence electrons. The minimum Gasteiger partial charge on any atom is -0.478 e. The first-order valence-corrected chi connectivity index (χ1v) is 7.00. The highest BCUT2D eigenvalue weighted by Crippen LogP contribution is 2.18. The first kappa shape index (κ1) is 14.3. The second-order valence-corrected chi connectivity index (χ2v) is 5.34. The van der Waals surface area contributed by atoms with E-state index in [1.165, 1.54) is 22.8 Å². The molecule has 0 spiro atoms. The number of nitrogens with zero attached hydrogens (tertiary/aromatic N) is 2. The zero-order chi connectivity index (χ0) is 14.7. The molecule has 0 atom stereocenters. The Labute approximate surface area is 120 Å². The Bertz CT molecular complexity index is 645. The monoisotopic (exact) mass is 293 g/mol. The Morgan fingerprint density at radius 3 is 2.85 bits per heavy atom. The topological polar surface area (TPSA) is 84.2 Å². The predicted molar refractivity (Wildman–Crippen MR) is 76.2 cm³/mol. The maximum absolute atomic E-state index is 11.9. The lowest BCUT2D eigenvalue weighted by Crippen LogP contribution is -2.14. The predicted octanol–water partition coefficient (Wildman–Crippen LogP) is 1.92. The number of carboxylic acid groups (broad SMARTS) is 1. The SMILES string of the molecule is CCc1nn(C)cc1NC(=O)Cc1cc(C(=O)O)cs1. The van der Waals surface area contributed by atoms with E-state index in [9.17, 15) is 9.59 Å². The lowest BCUT2D eigenvalue weighted by Gasteiger charge is -2.02. The quantitative estimate of drug-likeness (QED) is 0.882. The van der Waals surface area contributed by atoms with Crippen LogP contribution < -0.4 is 5.32 Å². The molecule has 0 aliphatic carbocycles. The van der Waals surface area contributed by atoms with Gasteiger partial charge in [-0.15, -0.1) is 11.3 Å². The fraction of sp³-hybridized carbons (Fsp3) is 0.308. The molecule has 2 rings (SSSR count). The summed E-state index contributed by atoms with van der Waals surface area (Å²) in [6.07, 6.45) is 2.66. The molecule has 20 heavy (non-hydrogen) atoms. The summed E-state index contributed by atoms with van der Waals surface area (Å²) in [5, 5.41) is 17.4. The Morgan fingerprint density at radius 2 is 2.25 bits per heavy atom. The average Bonchev–Trinajstić information content (AvgIpc) is 2.96. The van der Waals surface area contributed by atoms with Crippen molar-refractivity contribution in [3.8, 4) is 0 Å². The van der Waals surface area contributed by atoms with Crippen LogP contribution in [0.5, 0.6) is 0 Å². The van der Waals surface area contributed by atoms with Crippen molar-refractivity contribution >= 4 is 28.9 Å². The molecule has 0 aromatic carbocycles. The van der Waals surface area contributed by atoms with Gasteiger partial charge in [0.15, 0.2) is 0 Å². The summed E-state index contributed by atoms with van der Waals surface area (Å²) in [6, 6.07) is 1.52. The average molecular weight is 293 g/mol. The van der Waals surface area contributed by atoms with E-state index in [-0.39, 0.29) is 17.9 Å². The Kier molecular flexibility index (Phi) is 4.19. The summed E-state index contributed by atoms with van der Waals surface area (Å²) in [7, 11) is 1.80. The molecule has 7 heteroatoms. The molecule has 2 aromatic rings. The standard InChI is InChI=1S/C13H15N3O3S/c1-3-10-11(6-16(2)15-10)14-12(17)5-9-4-8(7-20-9)13(18)19/h4,6-7H,3,5H2,1-2H3,(H,14,17)(H,18,19). The summed E-state index contributed by atoms with van der Waals surface area (Å²) >= 11 is 1.27. The second-order valence-electron chi connectivity index (χ2n) is 4.35. The molecule has 0 unspecified atom stereocenters. The van der Waals surface area contributed by atoms with E-state index in [2.05, 4.69) is 10.4 Å². The second kappa shape index (κ2) is 5.87. The van der Waals surface area contributed by atoms with Crippen molar-refractivity contribution in [3.63, 3.8) is 0 Å². The number of amides is 1. The Morgan fingerprint density at radius 1 is 1.50 bits per heavy atom. The highest BCUT2D eigenvalue weighted by Gasteiger charge is 2.12. The van der Waals surface area contributed by atoms with Crippen LogP contribution in [0.1, 0.15) is 27.9 Å². The van der Waals surface area contributed by atoms with Gasteiger partial charge in [0.05, 0.1) is 23.4 Å². The first-order chi connectivity index (χ1) is 9.49. The van der Waals surface area contributed by atoms with Crippen LogP contribution in [0.25, 0.3) is 0 Å². The molecule has 0 bridgehead atoms. The number of carboxylic acids is 1. The number of thiophene rings is 1. The van der Waals surface area contributed by atoms with Crippen LogP contribution in [0.15, 0.2) is 17.6 Å². The summed E-state index contributed by atoms with van der Waals surface area (Å²) in [5.41, 5.74) is 1.75. The minimum absolute atomic E-state index is 0.163. The number of rotatable bonds is 5. The third kappa shape index (κ3) is 3.24. The zero-order valence-electron chi connectivity index (χ0n) is 11.2. The number of aromatic carboxylic acids is 1. The van der Waals surface area contributed by atoms with Gasteiger partial charge in [0, 0.05) is 23.5 Å². The molecule has 0 aliphatic heterocycles. The fourth-order valence-electron chi connectivity index (χ4n) is 1.84. The van der Waals surface area contributed by atoms with Crippen molar-refractivity contribution in [2.24, 2.45) is 7.05 Å². The zero-order valence-corrected chi connectivity index (χ0v) is 12.0. The highest BCUT2D eigenvalue weighted by atomic mass is 32.1. The highest BCUT2D eigenvalue weighted by molar-refractivity contribution is 7.10. The van der Waals surface area contributed by atoms with Crippen molar-refractivity contribution < 1.29 is 14.7 Å². The molecular weight excluding hydrogens is 278 g/mol. The third-order valence-corrected chi connectivity index (χ3v) is 3.69. The summed E-state index contributed by atoms with van der Waals surface area (Å²) in [4.78, 5) is 23.4. The van der Waals surface area contributed by atoms with Crippen molar-refractivity contribution in [1.29, 1.82) is 0 Å². The van der Waals surface area contributed by atoms with Gasteiger partial charge in [0.2, 0.25) is 5.91 Å². The van der Waals surface area contributed by atoms with Crippen molar-refractivity contribution in [2.45, 2.75) is 19.8 Å². The van der Waals surface area contributed by atoms with E-state index in [1.54, 1.807) is 17.9 Å². The van der Waals surface area contributed by atoms with Gasteiger partial charge in [-0.1, -0.05) is 6.92 Å². The summed E-state index contributed by atoms with van der Waals surface area (Å²) in [6.45, 7) is 1.97. The maximum Gasteiger partial charge on any atom is 0.336 e. The lowest BCUT2D eigenvalue weighted by atomic mass is 10.2. The first-order valence-electron chi connectivity index (χ1n) is 6.12. The van der Waals surface area contributed by atoms with Crippen LogP contribution in [0.2, 0.25) is 0 Å². The minimum atomic E-state index is -0.978. The number of carbonyl (C=O) groups excluding carboxylic acids is 1. The molecule has 1 amide bonds. The number of aromatic nitrogens is 2. The molecule has 2 heterocycles. The van der Waals surface area contributed by atoms with Crippen molar-refractivity contribution in [3.05, 3.63) is 33.8 Å². The molecule has 0 saturated carbocycles. The fourth-order valence-corrected chi connectivity index (χ4v) is 2.69. The van der Waals surface area contributed by atoms with Gasteiger partial charge in [-0.05, 0) is 12.5 Å². The Balaban J connectivity index is 2.02. The van der Waals surface area contributed by atoms with Gasteiger partial charge in [0.25, 0.3) is 0 Å². The van der Waals surface area contributed by atoms with Gasteiger partial charge in [-0.3, -0.25) is 9.48 Å². The largest absolute Gasteiger partial charge is 0.478 e. The van der Waals surface area contributed by atoms with Gasteiger partial charge < -0.3 is 10.4 Å². The van der Waals surface area contributed by atoms with Crippen molar-refractivity contribution in [2.75, 3.05) is 5.32 Å². The normalized spacial score (nSPS) is 10.5. The number of hydrogen-bond donors (Lipinski definition) is 2. The molecule has 0 saturated heterocycles. The number of aryl methyl sites for hydroxylation is 2. The third-order valence-electron chi connectivity index (χ3n) is 2.75. The van der Waals surface area contributed by atoms with Crippen LogP contribution in [-0.2, 0) is 24.7 Å². The lowest BCUT2D eigenvalue weighted by molar-refractivity contribution is -0.115. The maximum atomic E-state index is 11.9. The number of nitrogens with one attached hydrogen (secondary N) is 1. The van der Waals surface area contributed by atoms with E-state index in [0.717, 1.165) is 17.0 Å². The molecule has 0 fully saturated rings. The smallest absolute Gasteiger partial charge is 0.336 e. The van der Waals surface area contributed by atoms with E-state index in [1.807, 2.05) is 6.92 Å². The molecule has 0 aliphatic rings. The number of carbonyl (C=O) groups is 2. The van der Waals surface area contributed by atoms with E-state index >= 15 is 0 Å². The molecule has 2 N–H and O–H groups in total. The number of hydrogen-bond acceptors (Lipinski definition) is 4. The van der Waals surface area contributed by atoms with Crippen LogP contribution in [0.4, 0.5) is 5.69 Å². The van der Waals surface area contributed by atoms with Crippen LogP contribution in [-0.4, -0.2) is 26.8 Å². The van der Waals surface area contributed by atoms with Crippen LogP contribution in [0, 0.1) is 0 Å². The van der Waals surface area contributed by atoms with Gasteiger partial charge >= 0.3 is 5.97 Å².